The van der Waals surface area contributed by atoms with E-state index in [4.69, 9.17) is 0 Å². The molecule has 0 saturated heterocycles. The lowest BCUT2D eigenvalue weighted by atomic mass is 10.0. The van der Waals surface area contributed by atoms with Crippen molar-refractivity contribution >= 4 is 11.5 Å². The summed E-state index contributed by atoms with van der Waals surface area (Å²) >= 11 is 0. The lowest BCUT2D eigenvalue weighted by Crippen LogP contribution is -2.12. The minimum atomic E-state index is 0.310. The monoisotopic (exact) mass is 149 g/mol. The van der Waals surface area contributed by atoms with Crippen LogP contribution in [-0.4, -0.2) is 11.5 Å². The highest BCUT2D eigenvalue weighted by atomic mass is 16.1. The normalized spacial score (nSPS) is 23.7. The molecule has 2 heteroatoms. The fourth-order valence-electron chi connectivity index (χ4n) is 1.76. The van der Waals surface area contributed by atoms with Crippen LogP contribution >= 0.6 is 0 Å². The van der Waals surface area contributed by atoms with Gasteiger partial charge in [-0.1, -0.05) is 0 Å². The van der Waals surface area contributed by atoms with Gasteiger partial charge in [-0.25, -0.2) is 0 Å². The average Bonchev–Trinajstić information content (AvgIpc) is 2.34. The van der Waals surface area contributed by atoms with Crippen LogP contribution in [-0.2, 0) is 4.79 Å². The van der Waals surface area contributed by atoms with Gasteiger partial charge >= 0.3 is 0 Å². The summed E-state index contributed by atoms with van der Waals surface area (Å²) in [7, 11) is 0. The maximum atomic E-state index is 11.3. The van der Waals surface area contributed by atoms with Crippen LogP contribution in [0.2, 0.25) is 0 Å². The summed E-state index contributed by atoms with van der Waals surface area (Å²) in [5, 5.41) is 0. The van der Waals surface area contributed by atoms with E-state index in [1.54, 1.807) is 0 Å². The molecule has 1 heterocycles. The van der Waals surface area contributed by atoms with E-state index in [1.165, 1.54) is 0 Å². The predicted octanol–water partition coefficient (Wildman–Crippen LogP) is 1.86. The lowest BCUT2D eigenvalue weighted by molar-refractivity contribution is -0.114. The molecule has 0 atom stereocenters. The molecule has 0 saturated carbocycles. The zero-order valence-electron chi connectivity index (χ0n) is 6.68. The Morgan fingerprint density at radius 1 is 1.36 bits per heavy atom. The van der Waals surface area contributed by atoms with Gasteiger partial charge < -0.3 is 0 Å². The van der Waals surface area contributed by atoms with E-state index in [0.29, 0.717) is 12.2 Å². The smallest absolute Gasteiger partial charge is 0.166 e. The Morgan fingerprint density at radius 2 is 2.18 bits per heavy atom. The highest BCUT2D eigenvalue weighted by Crippen LogP contribution is 2.31. The zero-order chi connectivity index (χ0) is 7.84. The van der Waals surface area contributed by atoms with Gasteiger partial charge in [0.1, 0.15) is 0 Å². The van der Waals surface area contributed by atoms with Crippen molar-refractivity contribution < 1.29 is 4.79 Å². The van der Waals surface area contributed by atoms with Crippen LogP contribution in [0.5, 0.6) is 0 Å². The van der Waals surface area contributed by atoms with E-state index in [9.17, 15) is 4.79 Å². The summed E-state index contributed by atoms with van der Waals surface area (Å²) < 4.78 is 0. The molecule has 0 bridgehead atoms. The molecule has 0 N–H and O–H groups in total. The van der Waals surface area contributed by atoms with Crippen LogP contribution in [0.1, 0.15) is 32.6 Å². The molecule has 0 radical (unpaired) electrons. The first-order chi connectivity index (χ1) is 5.27. The molecular formula is C9H11NO. The fraction of sp³-hybridized carbons (Fsp3) is 0.556. The van der Waals surface area contributed by atoms with Crippen molar-refractivity contribution in [3.8, 4) is 0 Å². The highest BCUT2D eigenvalue weighted by molar-refractivity contribution is 6.11. The molecule has 2 aliphatic rings. The maximum Gasteiger partial charge on any atom is 0.166 e. The molecule has 58 valence electrons. The molecule has 11 heavy (non-hydrogen) atoms. The quantitative estimate of drug-likeness (QED) is 0.517. The van der Waals surface area contributed by atoms with E-state index in [-0.39, 0.29) is 0 Å². The van der Waals surface area contributed by atoms with Crippen LogP contribution < -0.4 is 0 Å². The highest BCUT2D eigenvalue weighted by Gasteiger charge is 2.24. The van der Waals surface area contributed by atoms with Gasteiger partial charge in [0.2, 0.25) is 0 Å². The third-order valence-corrected chi connectivity index (χ3v) is 2.27. The number of aliphatic imine (C=N–C) groups is 1. The average molecular weight is 149 g/mol. The maximum absolute atomic E-state index is 11.3. The standard InChI is InChI=1S/C9H11NO/c1-6-5-9(11)7-3-2-4-8(7)10-6/h2-5H2,1H3. The fourth-order valence-corrected chi connectivity index (χ4v) is 1.76. The number of hydrogen-bond acceptors (Lipinski definition) is 2. The van der Waals surface area contributed by atoms with E-state index in [2.05, 4.69) is 4.99 Å². The van der Waals surface area contributed by atoms with E-state index in [1.807, 2.05) is 6.92 Å². The summed E-state index contributed by atoms with van der Waals surface area (Å²) in [4.78, 5) is 15.7. The van der Waals surface area contributed by atoms with Crippen LogP contribution in [0.4, 0.5) is 0 Å². The van der Waals surface area contributed by atoms with Crippen molar-refractivity contribution in [2.24, 2.45) is 4.99 Å². The molecule has 0 spiro atoms. The Balaban J connectivity index is 2.41. The molecule has 2 rings (SSSR count). The number of ketones is 1. The number of allylic oxidation sites excluding steroid dienone is 2. The number of rotatable bonds is 0. The van der Waals surface area contributed by atoms with E-state index >= 15 is 0 Å². The molecular weight excluding hydrogens is 138 g/mol. The second kappa shape index (κ2) is 2.29. The van der Waals surface area contributed by atoms with Gasteiger partial charge in [-0.15, -0.1) is 0 Å². The zero-order valence-corrected chi connectivity index (χ0v) is 6.68. The Bertz CT molecular complexity index is 273. The summed E-state index contributed by atoms with van der Waals surface area (Å²) in [6.45, 7) is 1.93. The van der Waals surface area contributed by atoms with Crippen molar-refractivity contribution in [2.45, 2.75) is 32.6 Å². The van der Waals surface area contributed by atoms with Crippen molar-refractivity contribution in [1.82, 2.24) is 0 Å². The topological polar surface area (TPSA) is 29.4 Å². The van der Waals surface area contributed by atoms with Crippen LogP contribution in [0.25, 0.3) is 0 Å². The van der Waals surface area contributed by atoms with Gasteiger partial charge in [-0.3, -0.25) is 9.79 Å². The summed E-state index contributed by atoms with van der Waals surface area (Å²) in [5.41, 5.74) is 3.06. The van der Waals surface area contributed by atoms with Crippen molar-refractivity contribution in [3.63, 3.8) is 0 Å². The molecule has 0 aromatic rings. The minimum absolute atomic E-state index is 0.310. The molecule has 0 aromatic carbocycles. The second-order valence-electron chi connectivity index (χ2n) is 3.23. The Labute approximate surface area is 66.0 Å². The van der Waals surface area contributed by atoms with Crippen LogP contribution in [0.15, 0.2) is 16.3 Å². The summed E-state index contributed by atoms with van der Waals surface area (Å²) in [6.07, 6.45) is 3.65. The Morgan fingerprint density at radius 3 is 3.00 bits per heavy atom. The largest absolute Gasteiger partial charge is 0.294 e. The molecule has 0 fully saturated rings. The summed E-state index contributed by atoms with van der Waals surface area (Å²) in [6, 6.07) is 0. The number of Topliss-reactive ketones (excluding diaryl/α,β-unsaturated/α-hetero) is 1. The minimum Gasteiger partial charge on any atom is -0.294 e. The molecule has 0 amide bonds. The summed E-state index contributed by atoms with van der Waals surface area (Å²) in [5.74, 6) is 0.310. The van der Waals surface area contributed by atoms with Crippen LogP contribution in [0, 0.1) is 0 Å². The first-order valence-electron chi connectivity index (χ1n) is 4.07. The molecule has 0 unspecified atom stereocenters. The second-order valence-corrected chi connectivity index (χ2v) is 3.23. The third-order valence-electron chi connectivity index (χ3n) is 2.27. The van der Waals surface area contributed by atoms with Gasteiger partial charge in [-0.2, -0.15) is 0 Å². The van der Waals surface area contributed by atoms with Crippen molar-refractivity contribution in [2.75, 3.05) is 0 Å². The number of carbonyl (C=O) groups excluding carboxylic acids is 1. The van der Waals surface area contributed by atoms with Gasteiger partial charge in [-0.05, 0) is 26.2 Å². The predicted molar refractivity (Wildman–Crippen MR) is 43.6 cm³/mol. The van der Waals surface area contributed by atoms with E-state index < -0.39 is 0 Å². The van der Waals surface area contributed by atoms with Crippen LogP contribution in [0.3, 0.4) is 0 Å². The number of carbonyl (C=O) groups is 1. The third kappa shape index (κ3) is 1.02. The molecule has 2 nitrogen and oxygen atoms in total. The molecule has 1 aliphatic heterocycles. The lowest BCUT2D eigenvalue weighted by Gasteiger charge is -2.09. The number of hydrogen-bond donors (Lipinski definition) is 0. The van der Waals surface area contributed by atoms with Gasteiger partial charge in [0.25, 0.3) is 0 Å². The number of nitrogens with zero attached hydrogens (tertiary/aromatic N) is 1. The van der Waals surface area contributed by atoms with Gasteiger partial charge in [0.05, 0.1) is 0 Å². The molecule has 1 aliphatic carbocycles. The Kier molecular flexibility index (Phi) is 1.41. The Hall–Kier alpha value is -0.920. The molecule has 0 aromatic heterocycles. The first-order valence-corrected chi connectivity index (χ1v) is 4.07. The van der Waals surface area contributed by atoms with E-state index in [0.717, 1.165) is 36.2 Å². The first kappa shape index (κ1) is 6.77. The SMILES string of the molecule is CC1=NC2=C(CCC2)C(=O)C1. The van der Waals surface area contributed by atoms with Gasteiger partial charge in [0, 0.05) is 23.4 Å². The van der Waals surface area contributed by atoms with Crippen molar-refractivity contribution in [1.29, 1.82) is 0 Å². The van der Waals surface area contributed by atoms with Gasteiger partial charge in [0.15, 0.2) is 5.78 Å². The van der Waals surface area contributed by atoms with Crippen molar-refractivity contribution in [3.05, 3.63) is 11.3 Å².